The van der Waals surface area contributed by atoms with Crippen LogP contribution in [0.4, 0.5) is 13.2 Å². The maximum absolute atomic E-state index is 12.7. The Labute approximate surface area is 79.1 Å². The van der Waals surface area contributed by atoms with E-state index in [1.54, 1.807) is 0 Å². The van der Waals surface area contributed by atoms with Gasteiger partial charge in [0.1, 0.15) is 0 Å². The largest absolute Gasteiger partial charge is 0.488 e. The molecule has 14 heavy (non-hydrogen) atoms. The first-order valence-electron chi connectivity index (χ1n) is 3.88. The molecule has 6 heteroatoms. The first-order chi connectivity index (χ1) is 6.47. The summed E-state index contributed by atoms with van der Waals surface area (Å²) in [5.41, 5.74) is -0.396. The first kappa shape index (κ1) is 11.1. The predicted molar refractivity (Wildman–Crippen MR) is 46.1 cm³/mol. The van der Waals surface area contributed by atoms with Gasteiger partial charge in [0, 0.05) is 5.56 Å². The average molecular weight is 204 g/mol. The molecule has 0 saturated carbocycles. The lowest BCUT2D eigenvalue weighted by molar-refractivity contribution is -0.0280. The van der Waals surface area contributed by atoms with Crippen molar-refractivity contribution in [2.45, 2.75) is 5.92 Å². The zero-order chi connectivity index (χ0) is 10.8. The van der Waals surface area contributed by atoms with E-state index in [0.29, 0.717) is 0 Å². The smallest absolute Gasteiger partial charge is 0.423 e. The summed E-state index contributed by atoms with van der Waals surface area (Å²) in [4.78, 5) is 0. The summed E-state index contributed by atoms with van der Waals surface area (Å²) in [7, 11) is -1.71. The van der Waals surface area contributed by atoms with Crippen LogP contribution in [0, 0.1) is 0 Å². The van der Waals surface area contributed by atoms with Crippen LogP contribution in [0.2, 0.25) is 0 Å². The normalized spacial score (nSPS) is 11.5. The number of rotatable bonds is 3. The molecular weight excluding hydrogens is 196 g/mol. The van der Waals surface area contributed by atoms with Crippen LogP contribution in [0.15, 0.2) is 24.3 Å². The van der Waals surface area contributed by atoms with Crippen molar-refractivity contribution in [2.24, 2.45) is 0 Å². The molecule has 1 aromatic carbocycles. The second-order valence-corrected chi connectivity index (χ2v) is 2.83. The molecular formula is C8H8BF3O2. The lowest BCUT2D eigenvalue weighted by Gasteiger charge is -2.12. The Bertz CT molecular complexity index is 300. The van der Waals surface area contributed by atoms with Crippen LogP contribution < -0.4 is 5.46 Å². The van der Waals surface area contributed by atoms with Gasteiger partial charge >= 0.3 is 13.0 Å². The topological polar surface area (TPSA) is 40.5 Å². The van der Waals surface area contributed by atoms with Crippen LogP contribution in [0.5, 0.6) is 0 Å². The third kappa shape index (κ3) is 2.27. The van der Waals surface area contributed by atoms with Crippen molar-refractivity contribution in [2.75, 3.05) is 6.67 Å². The van der Waals surface area contributed by atoms with Gasteiger partial charge in [-0.05, 0) is 5.46 Å². The van der Waals surface area contributed by atoms with E-state index in [1.165, 1.54) is 0 Å². The Morgan fingerprint density at radius 3 is 2.00 bits per heavy atom. The van der Waals surface area contributed by atoms with E-state index < -0.39 is 25.3 Å². The van der Waals surface area contributed by atoms with Crippen molar-refractivity contribution in [1.29, 1.82) is 0 Å². The Balaban J connectivity index is 2.94. The Hall–Kier alpha value is -1.01. The van der Waals surface area contributed by atoms with E-state index in [9.17, 15) is 13.2 Å². The van der Waals surface area contributed by atoms with Gasteiger partial charge in [0.25, 0.3) is 0 Å². The highest BCUT2D eigenvalue weighted by molar-refractivity contribution is 6.58. The lowest BCUT2D eigenvalue weighted by atomic mass is 9.80. The minimum absolute atomic E-state index is 0.0865. The third-order valence-corrected chi connectivity index (χ3v) is 1.80. The Morgan fingerprint density at radius 1 is 1.14 bits per heavy atom. The first-order valence-corrected chi connectivity index (χ1v) is 3.88. The van der Waals surface area contributed by atoms with Crippen molar-refractivity contribution in [3.05, 3.63) is 29.8 Å². The number of halogens is 3. The van der Waals surface area contributed by atoms with Gasteiger partial charge in [0.2, 0.25) is 0 Å². The highest BCUT2D eigenvalue weighted by Gasteiger charge is 2.31. The molecule has 1 aromatic rings. The number of hydrogen-bond donors (Lipinski definition) is 2. The third-order valence-electron chi connectivity index (χ3n) is 1.80. The molecule has 2 N–H and O–H groups in total. The standard InChI is InChI=1S/C8H8BF3O2/c10-5-8(11,12)6-1-3-7(4-2-6)9(13)14/h1-4,13-14H,5H2. The highest BCUT2D eigenvalue weighted by Crippen LogP contribution is 2.27. The number of benzene rings is 1. The highest BCUT2D eigenvalue weighted by atomic mass is 19.3. The van der Waals surface area contributed by atoms with E-state index in [2.05, 4.69) is 0 Å². The van der Waals surface area contributed by atoms with Gasteiger partial charge in [-0.3, -0.25) is 0 Å². The monoisotopic (exact) mass is 204 g/mol. The molecule has 0 unspecified atom stereocenters. The lowest BCUT2D eigenvalue weighted by Crippen LogP contribution is -2.30. The minimum Gasteiger partial charge on any atom is -0.423 e. The Morgan fingerprint density at radius 2 is 1.64 bits per heavy atom. The van der Waals surface area contributed by atoms with Crippen LogP contribution in [-0.2, 0) is 5.92 Å². The van der Waals surface area contributed by atoms with Gasteiger partial charge in [-0.1, -0.05) is 24.3 Å². The molecule has 0 atom stereocenters. The summed E-state index contributed by atoms with van der Waals surface area (Å²) >= 11 is 0. The summed E-state index contributed by atoms with van der Waals surface area (Å²) in [6.45, 7) is -1.77. The molecule has 0 aliphatic carbocycles. The van der Waals surface area contributed by atoms with Crippen molar-refractivity contribution in [3.8, 4) is 0 Å². The SMILES string of the molecule is OB(O)c1ccc(C(F)(F)CF)cc1. The van der Waals surface area contributed by atoms with Gasteiger partial charge in [-0.15, -0.1) is 0 Å². The van der Waals surface area contributed by atoms with Gasteiger partial charge in [-0.25, -0.2) is 4.39 Å². The van der Waals surface area contributed by atoms with E-state index in [-0.39, 0.29) is 5.46 Å². The molecule has 0 aliphatic heterocycles. The van der Waals surface area contributed by atoms with Gasteiger partial charge in [-0.2, -0.15) is 8.78 Å². The fourth-order valence-electron chi connectivity index (χ4n) is 0.976. The molecule has 0 fully saturated rings. The van der Waals surface area contributed by atoms with Crippen molar-refractivity contribution < 1.29 is 23.2 Å². The van der Waals surface area contributed by atoms with E-state index in [4.69, 9.17) is 10.0 Å². The molecule has 0 heterocycles. The predicted octanol–water partition coefficient (Wildman–Crippen LogP) is 0.428. The fraction of sp³-hybridized carbons (Fsp3) is 0.250. The van der Waals surface area contributed by atoms with Crippen LogP contribution in [0.3, 0.4) is 0 Å². The van der Waals surface area contributed by atoms with Crippen molar-refractivity contribution >= 4 is 12.6 Å². The molecule has 0 saturated heterocycles. The van der Waals surface area contributed by atoms with Gasteiger partial charge < -0.3 is 10.0 Å². The van der Waals surface area contributed by atoms with Crippen LogP contribution in [-0.4, -0.2) is 23.8 Å². The number of alkyl halides is 3. The summed E-state index contributed by atoms with van der Waals surface area (Å²) < 4.78 is 37.3. The quantitative estimate of drug-likeness (QED) is 0.700. The van der Waals surface area contributed by atoms with Crippen LogP contribution in [0.25, 0.3) is 0 Å². The molecule has 2 nitrogen and oxygen atoms in total. The number of hydrogen-bond acceptors (Lipinski definition) is 2. The second-order valence-electron chi connectivity index (χ2n) is 2.83. The summed E-state index contributed by atoms with van der Waals surface area (Å²) in [6, 6.07) is 4.16. The molecule has 0 amide bonds. The minimum atomic E-state index is -3.51. The maximum Gasteiger partial charge on any atom is 0.488 e. The molecule has 1 rings (SSSR count). The zero-order valence-electron chi connectivity index (χ0n) is 7.12. The average Bonchev–Trinajstić information content (AvgIpc) is 2.18. The summed E-state index contributed by atoms with van der Waals surface area (Å²) in [5, 5.41) is 17.3. The molecule has 0 spiro atoms. The van der Waals surface area contributed by atoms with E-state index >= 15 is 0 Å². The molecule has 0 aliphatic rings. The van der Waals surface area contributed by atoms with Crippen molar-refractivity contribution in [3.63, 3.8) is 0 Å². The maximum atomic E-state index is 12.7. The van der Waals surface area contributed by atoms with Crippen LogP contribution >= 0.6 is 0 Å². The van der Waals surface area contributed by atoms with E-state index in [0.717, 1.165) is 24.3 Å². The molecule has 0 radical (unpaired) electrons. The fourth-order valence-corrected chi connectivity index (χ4v) is 0.976. The molecule has 0 aromatic heterocycles. The Kier molecular flexibility index (Phi) is 3.18. The second kappa shape index (κ2) is 4.02. The molecule has 0 bridgehead atoms. The van der Waals surface area contributed by atoms with Gasteiger partial charge in [0.15, 0.2) is 6.67 Å². The summed E-state index contributed by atoms with van der Waals surface area (Å²) in [6.07, 6.45) is 0. The van der Waals surface area contributed by atoms with Gasteiger partial charge in [0.05, 0.1) is 0 Å². The van der Waals surface area contributed by atoms with Crippen LogP contribution in [0.1, 0.15) is 5.56 Å². The van der Waals surface area contributed by atoms with Crippen molar-refractivity contribution in [1.82, 2.24) is 0 Å². The summed E-state index contributed by atoms with van der Waals surface area (Å²) in [5.74, 6) is -3.51. The zero-order valence-corrected chi connectivity index (χ0v) is 7.12. The van der Waals surface area contributed by atoms with E-state index in [1.807, 2.05) is 0 Å². The molecule has 76 valence electrons.